The SMILES string of the molecule is CCCCNC[C@H](O)COc1ccc2ccccc2c1Br. The van der Waals surface area contributed by atoms with Crippen LogP contribution in [0.2, 0.25) is 0 Å². The molecule has 0 heterocycles. The molecule has 0 radical (unpaired) electrons. The third-order valence-electron chi connectivity index (χ3n) is 3.35. The Balaban J connectivity index is 1.90. The van der Waals surface area contributed by atoms with Crippen LogP contribution in [0.1, 0.15) is 19.8 Å². The number of fused-ring (bicyclic) bond motifs is 1. The highest BCUT2D eigenvalue weighted by Gasteiger charge is 2.09. The number of ether oxygens (including phenoxy) is 1. The summed E-state index contributed by atoms with van der Waals surface area (Å²) in [6, 6.07) is 12.1. The number of benzene rings is 2. The summed E-state index contributed by atoms with van der Waals surface area (Å²) in [6.07, 6.45) is 1.79. The Morgan fingerprint density at radius 3 is 2.86 bits per heavy atom. The van der Waals surface area contributed by atoms with E-state index in [0.29, 0.717) is 6.54 Å². The van der Waals surface area contributed by atoms with Gasteiger partial charge in [0.1, 0.15) is 18.5 Å². The Morgan fingerprint density at radius 2 is 2.05 bits per heavy atom. The first-order valence-electron chi connectivity index (χ1n) is 7.41. The molecule has 114 valence electrons. The van der Waals surface area contributed by atoms with Crippen LogP contribution in [0.15, 0.2) is 40.9 Å². The van der Waals surface area contributed by atoms with E-state index in [1.807, 2.05) is 24.3 Å². The smallest absolute Gasteiger partial charge is 0.134 e. The highest BCUT2D eigenvalue weighted by molar-refractivity contribution is 9.10. The Kier molecular flexibility index (Phi) is 6.49. The lowest BCUT2D eigenvalue weighted by Crippen LogP contribution is -2.32. The van der Waals surface area contributed by atoms with Crippen LogP contribution in [-0.2, 0) is 0 Å². The minimum Gasteiger partial charge on any atom is -0.490 e. The molecule has 0 bridgehead atoms. The van der Waals surface area contributed by atoms with Crippen LogP contribution in [0.5, 0.6) is 5.75 Å². The number of hydrogen-bond donors (Lipinski definition) is 2. The molecule has 0 amide bonds. The number of halogens is 1. The maximum Gasteiger partial charge on any atom is 0.134 e. The molecule has 2 N–H and O–H groups in total. The van der Waals surface area contributed by atoms with Gasteiger partial charge in [-0.25, -0.2) is 0 Å². The maximum absolute atomic E-state index is 9.91. The zero-order valence-electron chi connectivity index (χ0n) is 12.3. The van der Waals surface area contributed by atoms with Gasteiger partial charge in [-0.3, -0.25) is 0 Å². The van der Waals surface area contributed by atoms with Crippen LogP contribution >= 0.6 is 15.9 Å². The first-order valence-corrected chi connectivity index (χ1v) is 8.20. The molecule has 0 unspecified atom stereocenters. The van der Waals surface area contributed by atoms with E-state index in [9.17, 15) is 5.11 Å². The van der Waals surface area contributed by atoms with E-state index < -0.39 is 6.10 Å². The summed E-state index contributed by atoms with van der Waals surface area (Å²) in [5.41, 5.74) is 0. The molecule has 0 fully saturated rings. The molecule has 0 saturated carbocycles. The molecule has 21 heavy (non-hydrogen) atoms. The number of rotatable bonds is 8. The summed E-state index contributed by atoms with van der Waals surface area (Å²) in [5, 5.41) is 15.4. The van der Waals surface area contributed by atoms with Crippen molar-refractivity contribution in [2.24, 2.45) is 0 Å². The van der Waals surface area contributed by atoms with Gasteiger partial charge in [-0.2, -0.15) is 0 Å². The van der Waals surface area contributed by atoms with Crippen LogP contribution in [0.4, 0.5) is 0 Å². The zero-order chi connectivity index (χ0) is 15.1. The van der Waals surface area contributed by atoms with Gasteiger partial charge in [0.05, 0.1) is 4.47 Å². The second-order valence-electron chi connectivity index (χ2n) is 5.12. The summed E-state index contributed by atoms with van der Waals surface area (Å²) < 4.78 is 6.66. The Bertz CT molecular complexity index is 574. The lowest BCUT2D eigenvalue weighted by Gasteiger charge is -2.15. The van der Waals surface area contributed by atoms with Crippen molar-refractivity contribution in [3.8, 4) is 5.75 Å². The monoisotopic (exact) mass is 351 g/mol. The van der Waals surface area contributed by atoms with Gasteiger partial charge in [-0.15, -0.1) is 0 Å². The van der Waals surface area contributed by atoms with Crippen molar-refractivity contribution < 1.29 is 9.84 Å². The van der Waals surface area contributed by atoms with Crippen molar-refractivity contribution in [2.45, 2.75) is 25.9 Å². The molecule has 0 saturated heterocycles. The third kappa shape index (κ3) is 4.70. The minimum atomic E-state index is -0.500. The summed E-state index contributed by atoms with van der Waals surface area (Å²) in [4.78, 5) is 0. The average Bonchev–Trinajstić information content (AvgIpc) is 2.51. The second-order valence-corrected chi connectivity index (χ2v) is 5.91. The van der Waals surface area contributed by atoms with Gasteiger partial charge in [-0.05, 0) is 45.7 Å². The number of unbranched alkanes of at least 4 members (excludes halogenated alkanes) is 1. The average molecular weight is 352 g/mol. The molecule has 0 spiro atoms. The van der Waals surface area contributed by atoms with E-state index in [1.54, 1.807) is 0 Å². The van der Waals surface area contributed by atoms with E-state index in [4.69, 9.17) is 4.74 Å². The molecular formula is C17H22BrNO2. The molecule has 0 aliphatic rings. The van der Waals surface area contributed by atoms with Crippen molar-refractivity contribution in [1.29, 1.82) is 0 Å². The van der Waals surface area contributed by atoms with E-state index in [2.05, 4.69) is 40.3 Å². The molecular weight excluding hydrogens is 330 g/mol. The third-order valence-corrected chi connectivity index (χ3v) is 4.16. The highest BCUT2D eigenvalue weighted by Crippen LogP contribution is 2.33. The van der Waals surface area contributed by atoms with Crippen molar-refractivity contribution in [3.63, 3.8) is 0 Å². The van der Waals surface area contributed by atoms with Gasteiger partial charge >= 0.3 is 0 Å². The van der Waals surface area contributed by atoms with Crippen LogP contribution in [0, 0.1) is 0 Å². The summed E-state index contributed by atoms with van der Waals surface area (Å²) in [7, 11) is 0. The first-order chi connectivity index (χ1) is 10.2. The number of hydrogen-bond acceptors (Lipinski definition) is 3. The zero-order valence-corrected chi connectivity index (χ0v) is 13.9. The fourth-order valence-corrected chi connectivity index (χ4v) is 2.75. The molecule has 1 atom stereocenters. The first kappa shape index (κ1) is 16.3. The number of aliphatic hydroxyl groups is 1. The van der Waals surface area contributed by atoms with Crippen molar-refractivity contribution in [1.82, 2.24) is 5.32 Å². The second kappa shape index (κ2) is 8.37. The lowest BCUT2D eigenvalue weighted by molar-refractivity contribution is 0.106. The van der Waals surface area contributed by atoms with Crippen LogP contribution < -0.4 is 10.1 Å². The van der Waals surface area contributed by atoms with Crippen LogP contribution in [-0.4, -0.2) is 30.9 Å². The van der Waals surface area contributed by atoms with Gasteiger partial charge < -0.3 is 15.2 Å². The number of aliphatic hydroxyl groups excluding tert-OH is 1. The van der Waals surface area contributed by atoms with E-state index >= 15 is 0 Å². The quantitative estimate of drug-likeness (QED) is 0.712. The van der Waals surface area contributed by atoms with Crippen LogP contribution in [0.25, 0.3) is 10.8 Å². The summed E-state index contributed by atoms with van der Waals surface area (Å²) in [5.74, 6) is 0.765. The highest BCUT2D eigenvalue weighted by atomic mass is 79.9. The van der Waals surface area contributed by atoms with Crippen molar-refractivity contribution >= 4 is 26.7 Å². The number of nitrogens with one attached hydrogen (secondary N) is 1. The van der Waals surface area contributed by atoms with Gasteiger partial charge in [-0.1, -0.05) is 43.7 Å². The predicted octanol–water partition coefficient (Wildman–Crippen LogP) is 3.73. The Morgan fingerprint density at radius 1 is 1.24 bits per heavy atom. The largest absolute Gasteiger partial charge is 0.490 e. The fraction of sp³-hybridized carbons (Fsp3) is 0.412. The molecule has 0 aliphatic heterocycles. The lowest BCUT2D eigenvalue weighted by atomic mass is 10.1. The minimum absolute atomic E-state index is 0.288. The Labute approximate surface area is 134 Å². The van der Waals surface area contributed by atoms with E-state index in [1.165, 1.54) is 5.39 Å². The van der Waals surface area contributed by atoms with Gasteiger partial charge in [0.15, 0.2) is 0 Å². The predicted molar refractivity (Wildman–Crippen MR) is 90.9 cm³/mol. The molecule has 3 nitrogen and oxygen atoms in total. The van der Waals surface area contributed by atoms with Crippen LogP contribution in [0.3, 0.4) is 0 Å². The van der Waals surface area contributed by atoms with Gasteiger partial charge in [0.25, 0.3) is 0 Å². The molecule has 0 aliphatic carbocycles. The topological polar surface area (TPSA) is 41.5 Å². The molecule has 2 rings (SSSR count). The normalized spacial score (nSPS) is 12.5. The summed E-state index contributed by atoms with van der Waals surface area (Å²) >= 11 is 3.58. The van der Waals surface area contributed by atoms with E-state index in [0.717, 1.165) is 35.0 Å². The molecule has 4 heteroatoms. The maximum atomic E-state index is 9.91. The van der Waals surface area contributed by atoms with Gasteiger partial charge in [0.2, 0.25) is 0 Å². The summed E-state index contributed by atoms with van der Waals surface area (Å²) in [6.45, 7) is 3.94. The van der Waals surface area contributed by atoms with Crippen molar-refractivity contribution in [3.05, 3.63) is 40.9 Å². The molecule has 0 aromatic heterocycles. The van der Waals surface area contributed by atoms with Gasteiger partial charge in [0, 0.05) is 6.54 Å². The van der Waals surface area contributed by atoms with E-state index in [-0.39, 0.29) is 6.61 Å². The standard InChI is InChI=1S/C17H22BrNO2/c1-2-3-10-19-11-14(20)12-21-16-9-8-13-6-4-5-7-15(13)17(16)18/h4-9,14,19-20H,2-3,10-12H2,1H3/t14-/m0/s1. The Hall–Kier alpha value is -1.10. The molecule has 2 aromatic carbocycles. The molecule has 2 aromatic rings. The fourth-order valence-electron chi connectivity index (χ4n) is 2.14. The van der Waals surface area contributed by atoms with Crippen molar-refractivity contribution in [2.75, 3.05) is 19.7 Å².